The first-order valence-electron chi connectivity index (χ1n) is 16.5. The Bertz CT molecular complexity index is 977. The molecule has 3 saturated heterocycles. The highest BCUT2D eigenvalue weighted by Crippen LogP contribution is 2.36. The smallest absolute Gasteiger partial charge is 0.123 e. The fourth-order valence-corrected chi connectivity index (χ4v) is 8.99. The van der Waals surface area contributed by atoms with E-state index in [9.17, 15) is 0 Å². The number of hydrogen-bond donors (Lipinski definition) is 3. The molecule has 41 heavy (non-hydrogen) atoms. The van der Waals surface area contributed by atoms with Crippen molar-refractivity contribution in [2.75, 3.05) is 19.7 Å². The fourth-order valence-electron chi connectivity index (χ4n) is 7.87. The summed E-state index contributed by atoms with van der Waals surface area (Å²) in [5, 5.41) is 8.32. The van der Waals surface area contributed by atoms with Crippen LogP contribution in [0, 0.1) is 25.2 Å². The van der Waals surface area contributed by atoms with Crippen molar-refractivity contribution >= 4 is 11.9 Å². The molecule has 0 spiro atoms. The fraction of sp³-hybridized carbons (Fsp3) is 0.824. The van der Waals surface area contributed by atoms with Crippen molar-refractivity contribution in [3.8, 4) is 0 Å². The summed E-state index contributed by atoms with van der Waals surface area (Å²) >= 11 is 1.95. The van der Waals surface area contributed by atoms with E-state index in [4.69, 9.17) is 9.47 Å². The van der Waals surface area contributed by atoms with Gasteiger partial charge in [0, 0.05) is 36.8 Å². The third-order valence-corrected chi connectivity index (χ3v) is 10.9. The Hall–Kier alpha value is -0.670. The van der Waals surface area contributed by atoms with Crippen molar-refractivity contribution in [2.45, 2.75) is 148 Å². The number of aryl methyl sites for hydroxylation is 2. The van der Waals surface area contributed by atoms with Crippen LogP contribution in [-0.4, -0.2) is 60.1 Å². The van der Waals surface area contributed by atoms with Gasteiger partial charge in [-0.05, 0) is 101 Å². The second kappa shape index (κ2) is 13.5. The highest BCUT2D eigenvalue weighted by atomic mass is 32.2. The molecule has 1 aromatic rings. The predicted molar refractivity (Wildman–Crippen MR) is 172 cm³/mol. The van der Waals surface area contributed by atoms with Crippen LogP contribution < -0.4 is 15.4 Å². The zero-order valence-electron chi connectivity index (χ0n) is 26.9. The van der Waals surface area contributed by atoms with E-state index >= 15 is 0 Å². The molecule has 1 aromatic carbocycles. The molecule has 0 amide bonds. The van der Waals surface area contributed by atoms with Gasteiger partial charge >= 0.3 is 0 Å². The van der Waals surface area contributed by atoms with Gasteiger partial charge in [0.05, 0.1) is 18.3 Å². The van der Waals surface area contributed by atoms with E-state index in [1.54, 1.807) is 0 Å². The van der Waals surface area contributed by atoms with Gasteiger partial charge in [-0.15, -0.1) is 0 Å². The number of benzene rings is 1. The molecule has 7 atom stereocenters. The number of hydrogen-bond acceptors (Lipinski definition) is 7. The van der Waals surface area contributed by atoms with Gasteiger partial charge in [-0.2, -0.15) is 0 Å². The van der Waals surface area contributed by atoms with Crippen molar-refractivity contribution in [3.05, 3.63) is 34.9 Å². The van der Waals surface area contributed by atoms with Crippen LogP contribution in [0.2, 0.25) is 0 Å². The molecule has 232 valence electrons. The monoisotopic (exact) mass is 586 g/mol. The minimum atomic E-state index is -0.0155. The summed E-state index contributed by atoms with van der Waals surface area (Å²) in [5.74, 6) is 0.727. The van der Waals surface area contributed by atoms with E-state index < -0.39 is 0 Å². The largest absolute Gasteiger partial charge is 0.371 e. The van der Waals surface area contributed by atoms with Crippen LogP contribution in [0.4, 0.5) is 0 Å². The van der Waals surface area contributed by atoms with Gasteiger partial charge in [-0.25, -0.2) is 4.72 Å². The molecule has 6 nitrogen and oxygen atoms in total. The summed E-state index contributed by atoms with van der Waals surface area (Å²) in [6.45, 7) is 19.1. The highest BCUT2D eigenvalue weighted by molar-refractivity contribution is 7.98. The average Bonchev–Trinajstić information content (AvgIpc) is 2.88. The van der Waals surface area contributed by atoms with Crippen molar-refractivity contribution in [1.29, 1.82) is 0 Å². The molecule has 6 unspecified atom stereocenters. The molecule has 3 N–H and O–H groups in total. The Morgan fingerprint density at radius 3 is 2.54 bits per heavy atom. The number of nitrogens with one attached hydrogen (secondary N) is 3. The SMILES string of the molecule is Cc1cccc(C)c1C1CC2NC(NSC3CCCC(C3)CN(CC3CCCC(C)(C)O3)[C@H](CC(C)(C)C)CO2)N1. The molecule has 5 rings (SSSR count). The number of fused-ring (bicyclic) bond motifs is 4. The molecule has 4 aliphatic rings. The average molecular weight is 587 g/mol. The van der Waals surface area contributed by atoms with Gasteiger partial charge < -0.3 is 9.47 Å². The first-order valence-corrected chi connectivity index (χ1v) is 17.3. The van der Waals surface area contributed by atoms with Gasteiger partial charge in [0.25, 0.3) is 0 Å². The standard InChI is InChI=1S/C34H58N4O2S/c1-23-11-8-12-24(2)31(23)29-18-30-36-32(35-29)37-41-28-15-9-13-25(17-28)20-38(26(22-39-30)19-33(3,4)5)21-27-14-10-16-34(6,7)40-27/h8,11-12,25-30,32,35-37H,9-10,13-22H2,1-7H3/t25?,26-,27?,28?,29?,30?,32?/m1/s1. The first-order chi connectivity index (χ1) is 19.4. The van der Waals surface area contributed by atoms with E-state index in [-0.39, 0.29) is 29.6 Å². The third kappa shape index (κ3) is 8.93. The molecule has 1 aliphatic carbocycles. The van der Waals surface area contributed by atoms with Crippen LogP contribution in [-0.2, 0) is 9.47 Å². The molecule has 1 saturated carbocycles. The van der Waals surface area contributed by atoms with Crippen molar-refractivity contribution in [2.24, 2.45) is 11.3 Å². The zero-order valence-corrected chi connectivity index (χ0v) is 27.7. The Kier molecular flexibility index (Phi) is 10.5. The Labute approximate surface area is 255 Å². The number of ether oxygens (including phenoxy) is 2. The maximum absolute atomic E-state index is 6.91. The van der Waals surface area contributed by atoms with E-state index in [0.717, 1.165) is 44.9 Å². The summed E-state index contributed by atoms with van der Waals surface area (Å²) in [6, 6.07) is 7.29. The Morgan fingerprint density at radius 1 is 1.02 bits per heavy atom. The van der Waals surface area contributed by atoms with E-state index in [1.807, 2.05) is 11.9 Å². The van der Waals surface area contributed by atoms with Gasteiger partial charge in [0.1, 0.15) is 12.5 Å². The van der Waals surface area contributed by atoms with E-state index in [1.165, 1.54) is 55.2 Å². The molecular formula is C34H58N4O2S. The second-order valence-electron chi connectivity index (χ2n) is 15.3. The molecule has 0 radical (unpaired) electrons. The summed E-state index contributed by atoms with van der Waals surface area (Å²) in [4.78, 5) is 2.81. The molecule has 4 fully saturated rings. The lowest BCUT2D eigenvalue weighted by molar-refractivity contribution is -0.125. The van der Waals surface area contributed by atoms with Crippen LogP contribution in [0.15, 0.2) is 18.2 Å². The van der Waals surface area contributed by atoms with Gasteiger partial charge in [-0.3, -0.25) is 15.5 Å². The molecule has 0 aromatic heterocycles. The Morgan fingerprint density at radius 2 is 1.80 bits per heavy atom. The summed E-state index contributed by atoms with van der Waals surface area (Å²) in [7, 11) is 0. The molecule has 7 heteroatoms. The summed E-state index contributed by atoms with van der Waals surface area (Å²) in [5.41, 5.74) is 4.35. The minimum absolute atomic E-state index is 0.00679. The molecule has 4 bridgehead atoms. The van der Waals surface area contributed by atoms with Gasteiger partial charge in [0.15, 0.2) is 0 Å². The van der Waals surface area contributed by atoms with Crippen LogP contribution >= 0.6 is 11.9 Å². The Balaban J connectivity index is 1.41. The van der Waals surface area contributed by atoms with E-state index in [0.29, 0.717) is 17.4 Å². The van der Waals surface area contributed by atoms with Crippen molar-refractivity contribution in [3.63, 3.8) is 0 Å². The minimum Gasteiger partial charge on any atom is -0.371 e. The third-order valence-electron chi connectivity index (χ3n) is 9.72. The van der Waals surface area contributed by atoms with Gasteiger partial charge in [-0.1, -0.05) is 57.3 Å². The molecule has 3 aliphatic heterocycles. The first kappa shape index (κ1) is 31.7. The predicted octanol–water partition coefficient (Wildman–Crippen LogP) is 6.82. The van der Waals surface area contributed by atoms with Crippen LogP contribution in [0.5, 0.6) is 0 Å². The van der Waals surface area contributed by atoms with Gasteiger partial charge in [0.2, 0.25) is 0 Å². The zero-order chi connectivity index (χ0) is 29.2. The van der Waals surface area contributed by atoms with E-state index in [2.05, 4.69) is 86.9 Å². The van der Waals surface area contributed by atoms with Crippen molar-refractivity contribution in [1.82, 2.24) is 20.3 Å². The lowest BCUT2D eigenvalue weighted by Gasteiger charge is -2.44. The summed E-state index contributed by atoms with van der Waals surface area (Å²) in [6.07, 6.45) is 11.2. The molecule has 3 heterocycles. The van der Waals surface area contributed by atoms with Crippen LogP contribution in [0.1, 0.15) is 115 Å². The maximum Gasteiger partial charge on any atom is 0.123 e. The topological polar surface area (TPSA) is 57.8 Å². The van der Waals surface area contributed by atoms with Crippen LogP contribution in [0.3, 0.4) is 0 Å². The maximum atomic E-state index is 6.91. The normalized spacial score (nSPS) is 35.6. The second-order valence-corrected chi connectivity index (χ2v) is 16.5. The van der Waals surface area contributed by atoms with Crippen LogP contribution in [0.25, 0.3) is 0 Å². The number of rotatable bonds is 4. The lowest BCUT2D eigenvalue weighted by atomic mass is 9.85. The summed E-state index contributed by atoms with van der Waals surface area (Å²) < 4.78 is 17.4. The quantitative estimate of drug-likeness (QED) is 0.335. The number of nitrogens with zero attached hydrogens (tertiary/aromatic N) is 1. The molecular weight excluding hydrogens is 528 g/mol. The lowest BCUT2D eigenvalue weighted by Crippen LogP contribution is -2.61. The highest BCUT2D eigenvalue weighted by Gasteiger charge is 2.37. The van der Waals surface area contributed by atoms with Crippen molar-refractivity contribution < 1.29 is 9.47 Å².